The van der Waals surface area contributed by atoms with Crippen LogP contribution < -0.4 is 15.6 Å². The summed E-state index contributed by atoms with van der Waals surface area (Å²) in [5, 5.41) is 4.89. The van der Waals surface area contributed by atoms with Crippen LogP contribution >= 0.6 is 23.1 Å². The smallest absolute Gasteiger partial charge is 0.271 e. The van der Waals surface area contributed by atoms with Gasteiger partial charge in [-0.2, -0.15) is 0 Å². The van der Waals surface area contributed by atoms with Crippen molar-refractivity contribution in [3.8, 4) is 5.75 Å². The summed E-state index contributed by atoms with van der Waals surface area (Å²) < 4.78 is 7.42. The summed E-state index contributed by atoms with van der Waals surface area (Å²) in [6.45, 7) is 2.18. The molecule has 0 aliphatic heterocycles. The molecule has 0 spiro atoms. The van der Waals surface area contributed by atoms with Gasteiger partial charge in [-0.1, -0.05) is 30.0 Å². The van der Waals surface area contributed by atoms with Crippen LogP contribution in [-0.4, -0.2) is 27.8 Å². The lowest BCUT2D eigenvalue weighted by Gasteiger charge is -2.14. The maximum absolute atomic E-state index is 12.4. The van der Waals surface area contributed by atoms with E-state index in [-0.39, 0.29) is 16.7 Å². The standard InChI is InChI=1S/C18H19N3O3S2/c1-11(16(22)19-10-12-6-4-5-7-14(12)24-3)26-18-20-13-8-9-25-15(13)17(23)21(18)2/h4-9,11H,10H2,1-3H3,(H,19,22). The van der Waals surface area contributed by atoms with E-state index in [2.05, 4.69) is 10.3 Å². The van der Waals surface area contributed by atoms with Crippen molar-refractivity contribution in [1.29, 1.82) is 0 Å². The van der Waals surface area contributed by atoms with E-state index in [1.165, 1.54) is 27.7 Å². The number of hydrogen-bond donors (Lipinski definition) is 1. The molecular formula is C18H19N3O3S2. The molecule has 26 heavy (non-hydrogen) atoms. The number of nitrogens with one attached hydrogen (secondary N) is 1. The first-order valence-electron chi connectivity index (χ1n) is 8.01. The van der Waals surface area contributed by atoms with Crippen LogP contribution in [0.15, 0.2) is 45.7 Å². The number of benzene rings is 1. The largest absolute Gasteiger partial charge is 0.496 e. The number of amides is 1. The van der Waals surface area contributed by atoms with Crippen LogP contribution in [0, 0.1) is 0 Å². The van der Waals surface area contributed by atoms with Gasteiger partial charge in [0.2, 0.25) is 5.91 Å². The second-order valence-electron chi connectivity index (χ2n) is 5.68. The average Bonchev–Trinajstić information content (AvgIpc) is 3.12. The zero-order valence-electron chi connectivity index (χ0n) is 14.7. The van der Waals surface area contributed by atoms with Crippen molar-refractivity contribution in [3.05, 3.63) is 51.6 Å². The van der Waals surface area contributed by atoms with Crippen LogP contribution in [0.5, 0.6) is 5.75 Å². The second-order valence-corrected chi connectivity index (χ2v) is 7.91. The first-order valence-corrected chi connectivity index (χ1v) is 9.77. The van der Waals surface area contributed by atoms with Crippen molar-refractivity contribution < 1.29 is 9.53 Å². The zero-order chi connectivity index (χ0) is 18.7. The van der Waals surface area contributed by atoms with Crippen LogP contribution in [0.2, 0.25) is 0 Å². The minimum Gasteiger partial charge on any atom is -0.496 e. The molecule has 0 bridgehead atoms. The number of fused-ring (bicyclic) bond motifs is 1. The van der Waals surface area contributed by atoms with E-state index >= 15 is 0 Å². The monoisotopic (exact) mass is 389 g/mol. The Morgan fingerprint density at radius 1 is 1.38 bits per heavy atom. The lowest BCUT2D eigenvalue weighted by molar-refractivity contribution is -0.120. The number of aromatic nitrogens is 2. The average molecular weight is 390 g/mol. The number of methoxy groups -OCH3 is 1. The molecule has 0 saturated heterocycles. The molecule has 0 fully saturated rings. The molecule has 1 N–H and O–H groups in total. The molecule has 0 radical (unpaired) electrons. The van der Waals surface area contributed by atoms with Crippen molar-refractivity contribution in [2.24, 2.45) is 7.05 Å². The number of ether oxygens (including phenoxy) is 1. The lowest BCUT2D eigenvalue weighted by Crippen LogP contribution is -2.31. The van der Waals surface area contributed by atoms with Crippen LogP contribution in [0.1, 0.15) is 12.5 Å². The van der Waals surface area contributed by atoms with Crippen LogP contribution in [0.4, 0.5) is 0 Å². The molecule has 1 atom stereocenters. The van der Waals surface area contributed by atoms with Crippen molar-refractivity contribution in [1.82, 2.24) is 14.9 Å². The molecule has 3 rings (SSSR count). The molecule has 8 heteroatoms. The van der Waals surface area contributed by atoms with Gasteiger partial charge in [0.05, 0.1) is 17.9 Å². The molecule has 2 heterocycles. The van der Waals surface area contributed by atoms with Crippen LogP contribution in [-0.2, 0) is 18.4 Å². The third-order valence-corrected chi connectivity index (χ3v) is 5.98. The minimum absolute atomic E-state index is 0.0888. The van der Waals surface area contributed by atoms with E-state index in [9.17, 15) is 9.59 Å². The number of thioether (sulfide) groups is 1. The highest BCUT2D eigenvalue weighted by atomic mass is 32.2. The quantitative estimate of drug-likeness (QED) is 0.518. The van der Waals surface area contributed by atoms with Crippen LogP contribution in [0.3, 0.4) is 0 Å². The van der Waals surface area contributed by atoms with Gasteiger partial charge in [-0.3, -0.25) is 14.2 Å². The Bertz CT molecular complexity index is 997. The van der Waals surface area contributed by atoms with Crippen molar-refractivity contribution >= 4 is 39.2 Å². The molecule has 0 saturated carbocycles. The molecule has 0 aliphatic carbocycles. The number of hydrogen-bond acceptors (Lipinski definition) is 6. The summed E-state index contributed by atoms with van der Waals surface area (Å²) in [4.78, 5) is 29.3. The van der Waals surface area contributed by atoms with Gasteiger partial charge in [-0.25, -0.2) is 4.98 Å². The molecule has 136 valence electrons. The fraction of sp³-hybridized carbons (Fsp3) is 0.278. The Labute approximate surface area is 159 Å². The summed E-state index contributed by atoms with van der Waals surface area (Å²) in [6, 6.07) is 9.37. The topological polar surface area (TPSA) is 73.2 Å². The van der Waals surface area contributed by atoms with Gasteiger partial charge >= 0.3 is 0 Å². The number of nitrogens with zero attached hydrogens (tertiary/aromatic N) is 2. The SMILES string of the molecule is COc1ccccc1CNC(=O)C(C)Sc1nc2ccsc2c(=O)n1C. The minimum atomic E-state index is -0.390. The Hall–Kier alpha value is -2.32. The Balaban J connectivity index is 1.70. The molecule has 1 unspecified atom stereocenters. The fourth-order valence-corrected chi connectivity index (χ4v) is 4.16. The first kappa shape index (κ1) is 18.5. The van der Waals surface area contributed by atoms with E-state index < -0.39 is 0 Å². The highest BCUT2D eigenvalue weighted by Gasteiger charge is 2.18. The van der Waals surface area contributed by atoms with Gasteiger partial charge in [0, 0.05) is 19.2 Å². The van der Waals surface area contributed by atoms with Gasteiger partial charge in [0.1, 0.15) is 10.4 Å². The normalized spacial score (nSPS) is 12.1. The van der Waals surface area contributed by atoms with Crippen molar-refractivity contribution in [2.45, 2.75) is 23.9 Å². The maximum Gasteiger partial charge on any atom is 0.271 e. The molecule has 1 aromatic carbocycles. The molecule has 2 aromatic heterocycles. The van der Waals surface area contributed by atoms with Crippen LogP contribution in [0.25, 0.3) is 10.2 Å². The van der Waals surface area contributed by atoms with Gasteiger partial charge < -0.3 is 10.1 Å². The number of rotatable bonds is 6. The van der Waals surface area contributed by atoms with Gasteiger partial charge in [-0.15, -0.1) is 11.3 Å². The predicted molar refractivity (Wildman–Crippen MR) is 105 cm³/mol. The summed E-state index contributed by atoms with van der Waals surface area (Å²) in [5.74, 6) is 0.612. The molecule has 0 aliphatic rings. The van der Waals surface area contributed by atoms with Crippen molar-refractivity contribution in [3.63, 3.8) is 0 Å². The van der Waals surface area contributed by atoms with Gasteiger partial charge in [0.15, 0.2) is 5.16 Å². The molecule has 3 aromatic rings. The highest BCUT2D eigenvalue weighted by molar-refractivity contribution is 8.00. The van der Waals surface area contributed by atoms with E-state index in [0.717, 1.165) is 11.3 Å². The Kier molecular flexibility index (Phi) is 5.63. The summed E-state index contributed by atoms with van der Waals surface area (Å²) in [5.41, 5.74) is 1.49. The Morgan fingerprint density at radius 3 is 2.92 bits per heavy atom. The van der Waals surface area contributed by atoms with E-state index in [1.54, 1.807) is 21.1 Å². The fourth-order valence-electron chi connectivity index (χ4n) is 2.46. The van der Waals surface area contributed by atoms with E-state index in [4.69, 9.17) is 4.74 Å². The lowest BCUT2D eigenvalue weighted by atomic mass is 10.2. The number of para-hydroxylation sites is 1. The second kappa shape index (κ2) is 7.92. The number of carbonyl (C=O) groups excluding carboxylic acids is 1. The summed E-state index contributed by atoms with van der Waals surface area (Å²) in [6.07, 6.45) is 0. The number of thiophene rings is 1. The number of carbonyl (C=O) groups is 1. The van der Waals surface area contributed by atoms with E-state index in [0.29, 0.717) is 21.9 Å². The molecule has 1 amide bonds. The zero-order valence-corrected chi connectivity index (χ0v) is 16.3. The Morgan fingerprint density at radius 2 is 2.15 bits per heavy atom. The molecular weight excluding hydrogens is 370 g/mol. The third-order valence-electron chi connectivity index (χ3n) is 3.94. The summed E-state index contributed by atoms with van der Waals surface area (Å²) >= 11 is 2.64. The highest BCUT2D eigenvalue weighted by Crippen LogP contribution is 2.24. The third kappa shape index (κ3) is 3.76. The predicted octanol–water partition coefficient (Wildman–Crippen LogP) is 2.80. The summed E-state index contributed by atoms with van der Waals surface area (Å²) in [7, 11) is 3.28. The van der Waals surface area contributed by atoms with Crippen molar-refractivity contribution in [2.75, 3.05) is 7.11 Å². The molecule has 6 nitrogen and oxygen atoms in total. The van der Waals surface area contributed by atoms with Gasteiger partial charge in [-0.05, 0) is 24.4 Å². The van der Waals surface area contributed by atoms with E-state index in [1.807, 2.05) is 35.7 Å². The van der Waals surface area contributed by atoms with Gasteiger partial charge in [0.25, 0.3) is 5.56 Å². The maximum atomic E-state index is 12.4. The first-order chi connectivity index (χ1) is 12.5.